The molecule has 1 aliphatic rings. The van der Waals surface area contributed by atoms with Gasteiger partial charge in [0.25, 0.3) is 5.91 Å². The Bertz CT molecular complexity index is 893. The molecule has 0 spiro atoms. The number of hydrogen-bond acceptors (Lipinski definition) is 3. The number of aromatic nitrogens is 3. The highest BCUT2D eigenvalue weighted by Gasteiger charge is 2.32. The summed E-state index contributed by atoms with van der Waals surface area (Å²) in [5, 5.41) is 0. The van der Waals surface area contributed by atoms with Crippen molar-refractivity contribution in [3.63, 3.8) is 0 Å². The third-order valence-electron chi connectivity index (χ3n) is 4.52. The van der Waals surface area contributed by atoms with E-state index in [1.54, 1.807) is 48.9 Å². The van der Waals surface area contributed by atoms with Crippen molar-refractivity contribution in [1.82, 2.24) is 19.9 Å². The van der Waals surface area contributed by atoms with Crippen molar-refractivity contribution in [2.45, 2.75) is 18.9 Å². The fraction of sp³-hybridized carbons (Fsp3) is 0.211. The van der Waals surface area contributed by atoms with Crippen LogP contribution >= 0.6 is 0 Å². The minimum absolute atomic E-state index is 0.0336. The summed E-state index contributed by atoms with van der Waals surface area (Å²) >= 11 is 0. The van der Waals surface area contributed by atoms with E-state index in [1.165, 1.54) is 6.07 Å². The molecule has 25 heavy (non-hydrogen) atoms. The molecule has 126 valence electrons. The third kappa shape index (κ3) is 2.91. The first kappa shape index (κ1) is 15.5. The molecular formula is C19H17FN4O. The van der Waals surface area contributed by atoms with Crippen LogP contribution in [-0.2, 0) is 0 Å². The molecule has 0 saturated carbocycles. The number of amides is 1. The SMILES string of the molecule is O=C(c1ccncc1)N1CCCC1c1ncc(-c2ccccc2F)[nH]1. The Labute approximate surface area is 144 Å². The molecule has 1 atom stereocenters. The highest BCUT2D eigenvalue weighted by atomic mass is 19.1. The quantitative estimate of drug-likeness (QED) is 0.795. The minimum atomic E-state index is -0.297. The maximum Gasteiger partial charge on any atom is 0.254 e. The summed E-state index contributed by atoms with van der Waals surface area (Å²) in [4.78, 5) is 26.1. The van der Waals surface area contributed by atoms with E-state index >= 15 is 0 Å². The van der Waals surface area contributed by atoms with Crippen LogP contribution in [0.5, 0.6) is 0 Å². The standard InChI is InChI=1S/C19H17FN4O/c20-15-5-2-1-4-14(15)16-12-22-18(23-16)17-6-3-11-24(17)19(25)13-7-9-21-10-8-13/h1-2,4-5,7-10,12,17H,3,6,11H2,(H,22,23). The molecule has 3 heterocycles. The number of nitrogens with one attached hydrogen (secondary N) is 1. The van der Waals surface area contributed by atoms with E-state index in [0.29, 0.717) is 29.2 Å². The Hall–Kier alpha value is -3.02. The molecular weight excluding hydrogens is 319 g/mol. The third-order valence-corrected chi connectivity index (χ3v) is 4.52. The van der Waals surface area contributed by atoms with Crippen LogP contribution in [0.2, 0.25) is 0 Å². The van der Waals surface area contributed by atoms with Crippen LogP contribution in [-0.4, -0.2) is 32.3 Å². The Morgan fingerprint density at radius 2 is 2.00 bits per heavy atom. The summed E-state index contributed by atoms with van der Waals surface area (Å²) in [5.74, 6) is 0.362. The van der Waals surface area contributed by atoms with Crippen molar-refractivity contribution in [3.05, 3.63) is 72.2 Å². The average Bonchev–Trinajstić information content (AvgIpc) is 3.31. The van der Waals surface area contributed by atoms with Gasteiger partial charge in [0.1, 0.15) is 11.6 Å². The van der Waals surface area contributed by atoms with E-state index in [-0.39, 0.29) is 17.8 Å². The highest BCUT2D eigenvalue weighted by Crippen LogP contribution is 2.33. The number of aromatic amines is 1. The number of imidazole rings is 1. The number of carbonyl (C=O) groups is 1. The number of hydrogen-bond donors (Lipinski definition) is 1. The molecule has 1 saturated heterocycles. The van der Waals surface area contributed by atoms with Gasteiger partial charge < -0.3 is 9.88 Å². The molecule has 0 radical (unpaired) electrons. The lowest BCUT2D eigenvalue weighted by Crippen LogP contribution is -2.31. The maximum atomic E-state index is 14.0. The Morgan fingerprint density at radius 1 is 1.20 bits per heavy atom. The predicted molar refractivity (Wildman–Crippen MR) is 91.2 cm³/mol. The monoisotopic (exact) mass is 336 g/mol. The summed E-state index contributed by atoms with van der Waals surface area (Å²) in [7, 11) is 0. The van der Waals surface area contributed by atoms with Crippen molar-refractivity contribution >= 4 is 5.91 Å². The lowest BCUT2D eigenvalue weighted by atomic mass is 10.1. The van der Waals surface area contributed by atoms with Crippen LogP contribution < -0.4 is 0 Å². The Morgan fingerprint density at radius 3 is 2.80 bits per heavy atom. The molecule has 2 aromatic heterocycles. The van der Waals surface area contributed by atoms with Gasteiger partial charge in [0, 0.05) is 30.1 Å². The summed E-state index contributed by atoms with van der Waals surface area (Å²) in [5.41, 5.74) is 1.71. The number of carbonyl (C=O) groups excluding carboxylic acids is 1. The maximum absolute atomic E-state index is 14.0. The second-order valence-electron chi connectivity index (χ2n) is 6.05. The van der Waals surface area contributed by atoms with Gasteiger partial charge in [0.2, 0.25) is 0 Å². The van der Waals surface area contributed by atoms with Crippen LogP contribution in [0.4, 0.5) is 4.39 Å². The van der Waals surface area contributed by atoms with Gasteiger partial charge in [-0.3, -0.25) is 9.78 Å². The number of nitrogens with zero attached hydrogens (tertiary/aromatic N) is 3. The molecule has 3 aromatic rings. The van der Waals surface area contributed by atoms with E-state index < -0.39 is 0 Å². The van der Waals surface area contributed by atoms with Gasteiger partial charge in [-0.2, -0.15) is 0 Å². The first-order chi connectivity index (χ1) is 12.2. The van der Waals surface area contributed by atoms with Crippen molar-refractivity contribution in [1.29, 1.82) is 0 Å². The van der Waals surface area contributed by atoms with Crippen LogP contribution in [0.15, 0.2) is 55.0 Å². The molecule has 1 aliphatic heterocycles. The first-order valence-corrected chi connectivity index (χ1v) is 8.25. The molecule has 1 unspecified atom stereocenters. The van der Waals surface area contributed by atoms with Gasteiger partial charge in [0.15, 0.2) is 0 Å². The van der Waals surface area contributed by atoms with Crippen molar-refractivity contribution in [3.8, 4) is 11.3 Å². The summed E-state index contributed by atoms with van der Waals surface area (Å²) in [6.07, 6.45) is 6.60. The summed E-state index contributed by atoms with van der Waals surface area (Å²) in [6.45, 7) is 0.682. The zero-order valence-corrected chi connectivity index (χ0v) is 13.5. The van der Waals surface area contributed by atoms with Crippen LogP contribution in [0.25, 0.3) is 11.3 Å². The lowest BCUT2D eigenvalue weighted by Gasteiger charge is -2.23. The molecule has 1 N–H and O–H groups in total. The second-order valence-corrected chi connectivity index (χ2v) is 6.05. The number of benzene rings is 1. The van der Waals surface area contributed by atoms with Crippen molar-refractivity contribution in [2.75, 3.05) is 6.54 Å². The van der Waals surface area contributed by atoms with Gasteiger partial charge in [-0.05, 0) is 37.1 Å². The normalized spacial score (nSPS) is 17.0. The van der Waals surface area contributed by atoms with Gasteiger partial charge >= 0.3 is 0 Å². The molecule has 4 rings (SSSR count). The van der Waals surface area contributed by atoms with Gasteiger partial charge in [-0.25, -0.2) is 9.37 Å². The number of pyridine rings is 1. The lowest BCUT2D eigenvalue weighted by molar-refractivity contribution is 0.0730. The molecule has 5 nitrogen and oxygen atoms in total. The average molecular weight is 336 g/mol. The molecule has 1 fully saturated rings. The van der Waals surface area contributed by atoms with Crippen molar-refractivity contribution in [2.24, 2.45) is 0 Å². The van der Waals surface area contributed by atoms with E-state index in [4.69, 9.17) is 0 Å². The van der Waals surface area contributed by atoms with E-state index in [1.807, 2.05) is 4.90 Å². The number of likely N-dealkylation sites (tertiary alicyclic amines) is 1. The fourth-order valence-corrected chi connectivity index (χ4v) is 3.28. The zero-order chi connectivity index (χ0) is 17.2. The summed E-state index contributed by atoms with van der Waals surface area (Å²) < 4.78 is 14.0. The first-order valence-electron chi connectivity index (χ1n) is 8.25. The molecule has 0 aliphatic carbocycles. The zero-order valence-electron chi connectivity index (χ0n) is 13.5. The van der Waals surface area contributed by atoms with Gasteiger partial charge in [-0.1, -0.05) is 12.1 Å². The Kier molecular flexibility index (Phi) is 4.01. The molecule has 6 heteroatoms. The second kappa shape index (κ2) is 6.47. The van der Waals surface area contributed by atoms with Crippen LogP contribution in [0.3, 0.4) is 0 Å². The summed E-state index contributed by atoms with van der Waals surface area (Å²) in [6, 6.07) is 9.87. The van der Waals surface area contributed by atoms with Gasteiger partial charge in [-0.15, -0.1) is 0 Å². The van der Waals surface area contributed by atoms with E-state index in [9.17, 15) is 9.18 Å². The predicted octanol–water partition coefficient (Wildman–Crippen LogP) is 3.59. The topological polar surface area (TPSA) is 61.9 Å². The van der Waals surface area contributed by atoms with E-state index in [2.05, 4.69) is 15.0 Å². The molecule has 1 aromatic carbocycles. The van der Waals surface area contributed by atoms with E-state index in [0.717, 1.165) is 12.8 Å². The smallest absolute Gasteiger partial charge is 0.254 e. The Balaban J connectivity index is 1.61. The van der Waals surface area contributed by atoms with Crippen molar-refractivity contribution < 1.29 is 9.18 Å². The number of rotatable bonds is 3. The molecule has 0 bridgehead atoms. The number of halogens is 1. The highest BCUT2D eigenvalue weighted by molar-refractivity contribution is 5.94. The largest absolute Gasteiger partial charge is 0.340 e. The fourth-order valence-electron chi connectivity index (χ4n) is 3.28. The van der Waals surface area contributed by atoms with Crippen LogP contribution in [0, 0.1) is 5.82 Å². The molecule has 1 amide bonds. The minimum Gasteiger partial charge on any atom is -0.340 e. The number of H-pyrrole nitrogens is 1. The van der Waals surface area contributed by atoms with Crippen LogP contribution in [0.1, 0.15) is 35.1 Å². The van der Waals surface area contributed by atoms with Gasteiger partial charge in [0.05, 0.1) is 17.9 Å².